The van der Waals surface area contributed by atoms with Crippen molar-refractivity contribution in [3.8, 4) is 0 Å². The first-order valence-electron chi connectivity index (χ1n) is 6.34. The number of rotatable bonds is 6. The van der Waals surface area contributed by atoms with Crippen molar-refractivity contribution in [1.29, 1.82) is 0 Å². The first-order valence-corrected chi connectivity index (χ1v) is 7.83. The van der Waals surface area contributed by atoms with Gasteiger partial charge in [0.15, 0.2) is 0 Å². The number of nitrogens with zero attached hydrogens (tertiary/aromatic N) is 2. The number of hydrazone groups is 1. The van der Waals surface area contributed by atoms with Crippen molar-refractivity contribution >= 4 is 22.1 Å². The molecule has 2 aromatic rings. The SMILES string of the molecule is O=C(CNS(=O)(=O)c1ccccc1)N/N=C/c1cccnc1. The largest absolute Gasteiger partial charge is 0.272 e. The first-order chi connectivity index (χ1) is 10.6. The lowest BCUT2D eigenvalue weighted by Gasteiger charge is -2.05. The first kappa shape index (κ1) is 15.8. The van der Waals surface area contributed by atoms with Crippen molar-refractivity contribution in [3.63, 3.8) is 0 Å². The van der Waals surface area contributed by atoms with Gasteiger partial charge in [0.1, 0.15) is 0 Å². The highest BCUT2D eigenvalue weighted by Crippen LogP contribution is 2.06. The van der Waals surface area contributed by atoms with Crippen molar-refractivity contribution in [3.05, 3.63) is 60.4 Å². The second-order valence-electron chi connectivity index (χ2n) is 4.22. The predicted octanol–water partition coefficient (Wildman–Crippen LogP) is 0.510. The minimum Gasteiger partial charge on any atom is -0.272 e. The maximum Gasteiger partial charge on any atom is 0.255 e. The quantitative estimate of drug-likeness (QED) is 0.598. The van der Waals surface area contributed by atoms with Crippen LogP contribution in [0, 0.1) is 0 Å². The van der Waals surface area contributed by atoms with Gasteiger partial charge in [-0.2, -0.15) is 5.10 Å². The van der Waals surface area contributed by atoms with E-state index in [1.807, 2.05) is 0 Å². The average molecular weight is 318 g/mol. The Labute approximate surface area is 128 Å². The van der Waals surface area contributed by atoms with Gasteiger partial charge in [0, 0.05) is 18.0 Å². The van der Waals surface area contributed by atoms with E-state index in [0.717, 1.165) is 0 Å². The van der Waals surface area contributed by atoms with Crippen LogP contribution >= 0.6 is 0 Å². The molecule has 0 aliphatic rings. The van der Waals surface area contributed by atoms with Gasteiger partial charge in [0.05, 0.1) is 17.7 Å². The van der Waals surface area contributed by atoms with Crippen LogP contribution in [0.2, 0.25) is 0 Å². The molecule has 0 spiro atoms. The lowest BCUT2D eigenvalue weighted by molar-refractivity contribution is -0.119. The summed E-state index contributed by atoms with van der Waals surface area (Å²) >= 11 is 0. The second-order valence-corrected chi connectivity index (χ2v) is 5.98. The third-order valence-electron chi connectivity index (χ3n) is 2.56. The van der Waals surface area contributed by atoms with Gasteiger partial charge in [0.25, 0.3) is 5.91 Å². The smallest absolute Gasteiger partial charge is 0.255 e. The minimum atomic E-state index is -3.71. The van der Waals surface area contributed by atoms with Crippen LogP contribution in [0.3, 0.4) is 0 Å². The highest BCUT2D eigenvalue weighted by molar-refractivity contribution is 7.89. The molecule has 0 saturated carbocycles. The number of amides is 1. The summed E-state index contributed by atoms with van der Waals surface area (Å²) in [5.41, 5.74) is 2.95. The molecule has 1 aromatic heterocycles. The van der Waals surface area contributed by atoms with Crippen molar-refractivity contribution in [1.82, 2.24) is 15.1 Å². The highest BCUT2D eigenvalue weighted by atomic mass is 32.2. The lowest BCUT2D eigenvalue weighted by Crippen LogP contribution is -2.34. The molecule has 2 rings (SSSR count). The zero-order chi connectivity index (χ0) is 15.8. The van der Waals surface area contributed by atoms with Crippen LogP contribution in [-0.4, -0.2) is 32.1 Å². The molecular weight excluding hydrogens is 304 g/mol. The molecule has 1 aromatic carbocycles. The van der Waals surface area contributed by atoms with Crippen LogP contribution in [-0.2, 0) is 14.8 Å². The second kappa shape index (κ2) is 7.43. The standard InChI is InChI=1S/C14H14N4O3S/c19-14(18-16-10-12-5-4-8-15-9-12)11-17-22(20,21)13-6-2-1-3-7-13/h1-10,17H,11H2,(H,18,19)/b16-10+. The molecule has 8 heteroatoms. The van der Waals surface area contributed by atoms with Crippen LogP contribution in [0.4, 0.5) is 0 Å². The molecule has 1 heterocycles. The summed E-state index contributed by atoms with van der Waals surface area (Å²) in [6, 6.07) is 11.3. The number of nitrogens with one attached hydrogen (secondary N) is 2. The van der Waals surface area contributed by atoms with E-state index >= 15 is 0 Å². The van der Waals surface area contributed by atoms with E-state index < -0.39 is 22.5 Å². The Morgan fingerprint density at radius 1 is 1.18 bits per heavy atom. The molecule has 0 radical (unpaired) electrons. The fourth-order valence-electron chi connectivity index (χ4n) is 1.51. The summed E-state index contributed by atoms with van der Waals surface area (Å²) in [7, 11) is -3.71. The average Bonchev–Trinajstić information content (AvgIpc) is 2.55. The molecule has 7 nitrogen and oxygen atoms in total. The van der Waals surface area contributed by atoms with Crippen molar-refractivity contribution in [2.75, 3.05) is 6.54 Å². The third-order valence-corrected chi connectivity index (χ3v) is 3.98. The molecule has 1 amide bonds. The third kappa shape index (κ3) is 4.76. The fourth-order valence-corrected chi connectivity index (χ4v) is 2.52. The predicted molar refractivity (Wildman–Crippen MR) is 81.6 cm³/mol. The minimum absolute atomic E-state index is 0.0988. The number of hydrogen-bond donors (Lipinski definition) is 2. The summed E-state index contributed by atoms with van der Waals surface area (Å²) in [6.45, 7) is -0.401. The Kier molecular flexibility index (Phi) is 5.34. The van der Waals surface area contributed by atoms with Gasteiger partial charge in [-0.05, 0) is 18.2 Å². The summed E-state index contributed by atoms with van der Waals surface area (Å²) < 4.78 is 26.0. The number of sulfonamides is 1. The number of carbonyl (C=O) groups is 1. The molecule has 22 heavy (non-hydrogen) atoms. The van der Waals surface area contributed by atoms with Gasteiger partial charge in [-0.3, -0.25) is 9.78 Å². The van der Waals surface area contributed by atoms with E-state index in [1.165, 1.54) is 18.3 Å². The van der Waals surface area contributed by atoms with Crippen LogP contribution in [0.1, 0.15) is 5.56 Å². The topological polar surface area (TPSA) is 101 Å². The Morgan fingerprint density at radius 3 is 2.64 bits per heavy atom. The molecule has 0 aliphatic carbocycles. The maximum atomic E-state index is 11.9. The molecule has 0 fully saturated rings. The lowest BCUT2D eigenvalue weighted by atomic mass is 10.3. The van der Waals surface area contributed by atoms with Crippen LogP contribution in [0.5, 0.6) is 0 Å². The van der Waals surface area contributed by atoms with E-state index in [0.29, 0.717) is 5.56 Å². The Balaban J connectivity index is 1.84. The van der Waals surface area contributed by atoms with Gasteiger partial charge in [-0.15, -0.1) is 0 Å². The zero-order valence-corrected chi connectivity index (χ0v) is 12.3. The molecule has 114 valence electrons. The van der Waals surface area contributed by atoms with Crippen LogP contribution in [0.25, 0.3) is 0 Å². The monoisotopic (exact) mass is 318 g/mol. The molecule has 0 bridgehead atoms. The van der Waals surface area contributed by atoms with Gasteiger partial charge in [-0.25, -0.2) is 18.6 Å². The van der Waals surface area contributed by atoms with E-state index in [1.54, 1.807) is 42.7 Å². The number of benzene rings is 1. The molecular formula is C14H14N4O3S. The highest BCUT2D eigenvalue weighted by Gasteiger charge is 2.14. The molecule has 2 N–H and O–H groups in total. The molecule has 0 atom stereocenters. The van der Waals surface area contributed by atoms with Crippen molar-refractivity contribution in [2.45, 2.75) is 4.90 Å². The Hall–Kier alpha value is -2.58. The Morgan fingerprint density at radius 2 is 1.95 bits per heavy atom. The molecule has 0 aliphatic heterocycles. The van der Waals surface area contributed by atoms with Gasteiger partial charge in [0.2, 0.25) is 10.0 Å². The maximum absolute atomic E-state index is 11.9. The van der Waals surface area contributed by atoms with Gasteiger partial charge < -0.3 is 0 Å². The summed E-state index contributed by atoms with van der Waals surface area (Å²) in [4.78, 5) is 15.5. The number of aromatic nitrogens is 1. The zero-order valence-electron chi connectivity index (χ0n) is 11.5. The van der Waals surface area contributed by atoms with Gasteiger partial charge in [-0.1, -0.05) is 24.3 Å². The van der Waals surface area contributed by atoms with Crippen LogP contribution in [0.15, 0.2) is 64.9 Å². The van der Waals surface area contributed by atoms with E-state index in [2.05, 4.69) is 20.2 Å². The van der Waals surface area contributed by atoms with Gasteiger partial charge >= 0.3 is 0 Å². The van der Waals surface area contributed by atoms with E-state index in [4.69, 9.17) is 0 Å². The van der Waals surface area contributed by atoms with Crippen LogP contribution < -0.4 is 10.1 Å². The molecule has 0 unspecified atom stereocenters. The fraction of sp³-hybridized carbons (Fsp3) is 0.0714. The Bertz CT molecular complexity index is 746. The normalized spacial score (nSPS) is 11.5. The number of carbonyl (C=O) groups excluding carboxylic acids is 1. The number of hydrogen-bond acceptors (Lipinski definition) is 5. The van der Waals surface area contributed by atoms with Crippen molar-refractivity contribution < 1.29 is 13.2 Å². The number of pyridine rings is 1. The summed E-state index contributed by atoms with van der Waals surface area (Å²) in [6.07, 6.45) is 4.61. The summed E-state index contributed by atoms with van der Waals surface area (Å²) in [5.74, 6) is -0.570. The summed E-state index contributed by atoms with van der Waals surface area (Å²) in [5, 5.41) is 3.72. The van der Waals surface area contributed by atoms with E-state index in [9.17, 15) is 13.2 Å². The van der Waals surface area contributed by atoms with E-state index in [-0.39, 0.29) is 4.90 Å². The molecule has 0 saturated heterocycles. The van der Waals surface area contributed by atoms with Crippen molar-refractivity contribution in [2.24, 2.45) is 5.10 Å².